The standard InChI is InChI=1S/C16H19Cl2NO/c17-13-7-6-11(9-14(13)18)10-19-8-2-4-15(19)12-3-1-5-16(12)20/h6-7,9,12,15H,1-5,8,10H2. The van der Waals surface area contributed by atoms with E-state index in [1.165, 1.54) is 12.0 Å². The number of Topliss-reactive ketones (excluding diaryl/α,β-unsaturated/α-hetero) is 1. The molecule has 20 heavy (non-hydrogen) atoms. The highest BCUT2D eigenvalue weighted by atomic mass is 35.5. The predicted octanol–water partition coefficient (Wildman–Crippen LogP) is 4.33. The largest absolute Gasteiger partial charge is 0.299 e. The van der Waals surface area contributed by atoms with Crippen molar-refractivity contribution in [1.29, 1.82) is 0 Å². The van der Waals surface area contributed by atoms with E-state index in [9.17, 15) is 4.79 Å². The summed E-state index contributed by atoms with van der Waals surface area (Å²) < 4.78 is 0. The molecule has 1 aromatic carbocycles. The zero-order valence-electron chi connectivity index (χ0n) is 11.4. The van der Waals surface area contributed by atoms with Crippen LogP contribution >= 0.6 is 23.2 Å². The third kappa shape index (κ3) is 2.88. The summed E-state index contributed by atoms with van der Waals surface area (Å²) in [5.74, 6) is 0.733. The quantitative estimate of drug-likeness (QED) is 0.828. The summed E-state index contributed by atoms with van der Waals surface area (Å²) in [6.45, 7) is 1.94. The highest BCUT2D eigenvalue weighted by Crippen LogP contribution is 2.34. The van der Waals surface area contributed by atoms with E-state index in [-0.39, 0.29) is 5.92 Å². The fourth-order valence-corrected chi connectivity index (χ4v) is 3.95. The average molecular weight is 312 g/mol. The number of ketones is 1. The molecule has 0 amide bonds. The number of benzene rings is 1. The van der Waals surface area contributed by atoms with Crippen LogP contribution in [0.3, 0.4) is 0 Å². The number of nitrogens with zero attached hydrogens (tertiary/aromatic N) is 1. The van der Waals surface area contributed by atoms with Crippen LogP contribution in [0.15, 0.2) is 18.2 Å². The molecule has 0 radical (unpaired) electrons. The maximum atomic E-state index is 12.0. The minimum absolute atomic E-state index is 0.264. The summed E-state index contributed by atoms with van der Waals surface area (Å²) >= 11 is 12.0. The van der Waals surface area contributed by atoms with E-state index in [0.717, 1.165) is 38.8 Å². The van der Waals surface area contributed by atoms with Crippen molar-refractivity contribution in [1.82, 2.24) is 4.90 Å². The van der Waals surface area contributed by atoms with Gasteiger partial charge in [-0.1, -0.05) is 29.3 Å². The molecule has 1 heterocycles. The number of hydrogen-bond donors (Lipinski definition) is 0. The molecule has 108 valence electrons. The van der Waals surface area contributed by atoms with Crippen molar-refractivity contribution in [2.24, 2.45) is 5.92 Å². The van der Waals surface area contributed by atoms with Gasteiger partial charge in [-0.15, -0.1) is 0 Å². The van der Waals surface area contributed by atoms with Crippen LogP contribution in [0.25, 0.3) is 0 Å². The fraction of sp³-hybridized carbons (Fsp3) is 0.562. The first-order valence-corrected chi connectivity index (χ1v) is 8.11. The molecular formula is C16H19Cl2NO. The van der Waals surface area contributed by atoms with Gasteiger partial charge in [-0.3, -0.25) is 9.69 Å². The lowest BCUT2D eigenvalue weighted by Gasteiger charge is -2.28. The molecule has 0 N–H and O–H groups in total. The molecule has 0 aromatic heterocycles. The third-order valence-corrected chi connectivity index (χ3v) is 5.34. The summed E-state index contributed by atoms with van der Waals surface area (Å²) in [6, 6.07) is 6.25. The van der Waals surface area contributed by atoms with Crippen LogP contribution in [0.5, 0.6) is 0 Å². The minimum atomic E-state index is 0.264. The average Bonchev–Trinajstić information content (AvgIpc) is 3.02. The Hall–Kier alpha value is -0.570. The van der Waals surface area contributed by atoms with Gasteiger partial charge in [0.15, 0.2) is 0 Å². The lowest BCUT2D eigenvalue weighted by atomic mass is 9.95. The summed E-state index contributed by atoms with van der Waals surface area (Å²) in [5.41, 5.74) is 1.18. The van der Waals surface area contributed by atoms with E-state index < -0.39 is 0 Å². The summed E-state index contributed by atoms with van der Waals surface area (Å²) in [6.07, 6.45) is 5.26. The molecule has 2 fully saturated rings. The lowest BCUT2D eigenvalue weighted by Crippen LogP contribution is -2.36. The molecule has 1 aliphatic heterocycles. The van der Waals surface area contributed by atoms with E-state index in [1.807, 2.05) is 18.2 Å². The molecule has 1 saturated heterocycles. The number of carbonyl (C=O) groups excluding carboxylic acids is 1. The Bertz CT molecular complexity index is 517. The Morgan fingerprint density at radius 3 is 2.70 bits per heavy atom. The van der Waals surface area contributed by atoms with Gasteiger partial charge in [0, 0.05) is 24.9 Å². The van der Waals surface area contributed by atoms with Crippen molar-refractivity contribution in [3.8, 4) is 0 Å². The maximum Gasteiger partial charge on any atom is 0.137 e. The van der Waals surface area contributed by atoms with Gasteiger partial charge in [-0.2, -0.15) is 0 Å². The SMILES string of the molecule is O=C1CCCC1C1CCCN1Cc1ccc(Cl)c(Cl)c1. The molecule has 1 aromatic rings. The molecule has 2 unspecified atom stereocenters. The normalized spacial score (nSPS) is 27.4. The highest BCUT2D eigenvalue weighted by Gasteiger charge is 2.37. The highest BCUT2D eigenvalue weighted by molar-refractivity contribution is 6.42. The summed E-state index contributed by atoms with van der Waals surface area (Å²) in [4.78, 5) is 14.4. The zero-order chi connectivity index (χ0) is 14.1. The van der Waals surface area contributed by atoms with Gasteiger partial charge in [0.05, 0.1) is 10.0 Å². The van der Waals surface area contributed by atoms with E-state index in [2.05, 4.69) is 4.90 Å². The second kappa shape index (κ2) is 6.05. The first kappa shape index (κ1) is 14.4. The fourth-order valence-electron chi connectivity index (χ4n) is 3.63. The van der Waals surface area contributed by atoms with Crippen molar-refractivity contribution >= 4 is 29.0 Å². The van der Waals surface area contributed by atoms with Gasteiger partial charge in [0.2, 0.25) is 0 Å². The molecule has 3 rings (SSSR count). The Kier molecular flexibility index (Phi) is 4.34. The smallest absolute Gasteiger partial charge is 0.137 e. The number of likely N-dealkylation sites (tertiary alicyclic amines) is 1. The second-order valence-electron chi connectivity index (χ2n) is 5.89. The van der Waals surface area contributed by atoms with E-state index in [4.69, 9.17) is 23.2 Å². The van der Waals surface area contributed by atoms with Gasteiger partial charge >= 0.3 is 0 Å². The Labute approximate surface area is 130 Å². The van der Waals surface area contributed by atoms with Crippen molar-refractivity contribution in [2.75, 3.05) is 6.54 Å². The molecule has 0 bridgehead atoms. The molecule has 2 nitrogen and oxygen atoms in total. The second-order valence-corrected chi connectivity index (χ2v) is 6.71. The molecule has 2 atom stereocenters. The summed E-state index contributed by atoms with van der Waals surface area (Å²) in [5, 5.41) is 1.20. The van der Waals surface area contributed by atoms with Gasteiger partial charge in [-0.05, 0) is 49.9 Å². The molecule has 1 aliphatic carbocycles. The van der Waals surface area contributed by atoms with E-state index >= 15 is 0 Å². The Balaban J connectivity index is 1.72. The van der Waals surface area contributed by atoms with Crippen molar-refractivity contribution in [3.05, 3.63) is 33.8 Å². The number of rotatable bonds is 3. The molecule has 1 saturated carbocycles. The Morgan fingerprint density at radius 1 is 1.15 bits per heavy atom. The van der Waals surface area contributed by atoms with E-state index in [1.54, 1.807) is 0 Å². The number of hydrogen-bond acceptors (Lipinski definition) is 2. The summed E-state index contributed by atoms with van der Waals surface area (Å²) in [7, 11) is 0. The number of carbonyl (C=O) groups is 1. The van der Waals surface area contributed by atoms with Crippen LogP contribution in [0.1, 0.15) is 37.7 Å². The van der Waals surface area contributed by atoms with Crippen LogP contribution < -0.4 is 0 Å². The topological polar surface area (TPSA) is 20.3 Å². The predicted molar refractivity (Wildman–Crippen MR) is 82.2 cm³/mol. The van der Waals surface area contributed by atoms with Gasteiger partial charge < -0.3 is 0 Å². The first-order chi connectivity index (χ1) is 9.65. The number of halogens is 2. The van der Waals surface area contributed by atoms with Gasteiger partial charge in [0.1, 0.15) is 5.78 Å². The van der Waals surface area contributed by atoms with Crippen LogP contribution in [0, 0.1) is 5.92 Å². The van der Waals surface area contributed by atoms with Crippen LogP contribution in [0.4, 0.5) is 0 Å². The minimum Gasteiger partial charge on any atom is -0.299 e. The lowest BCUT2D eigenvalue weighted by molar-refractivity contribution is -0.122. The van der Waals surface area contributed by atoms with E-state index in [0.29, 0.717) is 21.9 Å². The van der Waals surface area contributed by atoms with Crippen molar-refractivity contribution < 1.29 is 4.79 Å². The van der Waals surface area contributed by atoms with Crippen molar-refractivity contribution in [3.63, 3.8) is 0 Å². The molecule has 2 aliphatic rings. The molecule has 0 spiro atoms. The first-order valence-electron chi connectivity index (χ1n) is 7.36. The maximum absolute atomic E-state index is 12.0. The Morgan fingerprint density at radius 2 is 2.00 bits per heavy atom. The van der Waals surface area contributed by atoms with Crippen LogP contribution in [0.2, 0.25) is 10.0 Å². The van der Waals surface area contributed by atoms with Gasteiger partial charge in [0.25, 0.3) is 0 Å². The molecule has 4 heteroatoms. The molecular weight excluding hydrogens is 293 g/mol. The van der Waals surface area contributed by atoms with Gasteiger partial charge in [-0.25, -0.2) is 0 Å². The van der Waals surface area contributed by atoms with Crippen molar-refractivity contribution in [2.45, 2.75) is 44.7 Å². The monoisotopic (exact) mass is 311 g/mol. The van der Waals surface area contributed by atoms with Crippen LogP contribution in [-0.4, -0.2) is 23.3 Å². The third-order valence-electron chi connectivity index (χ3n) is 4.60. The van der Waals surface area contributed by atoms with Crippen LogP contribution in [-0.2, 0) is 11.3 Å². The zero-order valence-corrected chi connectivity index (χ0v) is 13.0.